The number of carbonyl (C=O) groups excluding carboxylic acids is 2. The number of ether oxygens (including phenoxy) is 1. The van der Waals surface area contributed by atoms with Gasteiger partial charge in [-0.25, -0.2) is 0 Å². The fourth-order valence-electron chi connectivity index (χ4n) is 3.44. The number of nitrogens with zero attached hydrogens (tertiary/aromatic N) is 1. The Bertz CT molecular complexity index is 783. The summed E-state index contributed by atoms with van der Waals surface area (Å²) in [5.74, 6) is 0.681. The van der Waals surface area contributed by atoms with Gasteiger partial charge in [-0.15, -0.1) is 0 Å². The van der Waals surface area contributed by atoms with Crippen molar-refractivity contribution in [3.63, 3.8) is 0 Å². The van der Waals surface area contributed by atoms with Gasteiger partial charge in [0, 0.05) is 24.6 Å². The summed E-state index contributed by atoms with van der Waals surface area (Å²) in [7, 11) is 1.59. The summed E-state index contributed by atoms with van der Waals surface area (Å²) in [6.07, 6.45) is 1.37. The lowest BCUT2D eigenvalue weighted by atomic mass is 9.94. The van der Waals surface area contributed by atoms with Gasteiger partial charge in [0.05, 0.1) is 13.2 Å². The van der Waals surface area contributed by atoms with Crippen LogP contribution in [0.25, 0.3) is 0 Å². The molecule has 1 N–H and O–H groups in total. The summed E-state index contributed by atoms with van der Waals surface area (Å²) in [6, 6.07) is 17.1. The van der Waals surface area contributed by atoms with E-state index in [1.165, 1.54) is 0 Å². The number of piperidine rings is 1. The van der Waals surface area contributed by atoms with Crippen molar-refractivity contribution in [3.8, 4) is 5.75 Å². The van der Waals surface area contributed by atoms with Crippen molar-refractivity contribution in [1.29, 1.82) is 0 Å². The number of hydrogen-bond acceptors (Lipinski definition) is 3. The molecule has 0 spiro atoms. The maximum absolute atomic E-state index is 12.7. The van der Waals surface area contributed by atoms with Gasteiger partial charge >= 0.3 is 0 Å². The van der Waals surface area contributed by atoms with Crippen molar-refractivity contribution in [2.75, 3.05) is 20.2 Å². The molecule has 2 aromatic carbocycles. The van der Waals surface area contributed by atoms with Gasteiger partial charge in [0.15, 0.2) is 0 Å². The minimum absolute atomic E-state index is 0.00888. The first-order chi connectivity index (χ1) is 13.1. The van der Waals surface area contributed by atoms with Crippen LogP contribution in [0.1, 0.15) is 41.7 Å². The molecule has 1 saturated heterocycles. The molecule has 1 aliphatic heterocycles. The van der Waals surface area contributed by atoms with Crippen LogP contribution < -0.4 is 10.1 Å². The number of methoxy groups -OCH3 is 1. The van der Waals surface area contributed by atoms with Crippen molar-refractivity contribution in [1.82, 2.24) is 10.2 Å². The lowest BCUT2D eigenvalue weighted by Crippen LogP contribution is -2.43. The van der Waals surface area contributed by atoms with Crippen molar-refractivity contribution in [2.24, 2.45) is 5.92 Å². The molecule has 0 radical (unpaired) electrons. The summed E-state index contributed by atoms with van der Waals surface area (Å²) in [4.78, 5) is 27.1. The molecule has 5 nitrogen and oxygen atoms in total. The van der Waals surface area contributed by atoms with Crippen LogP contribution in [0.5, 0.6) is 5.75 Å². The molecule has 1 fully saturated rings. The maximum atomic E-state index is 12.7. The lowest BCUT2D eigenvalue weighted by molar-refractivity contribution is -0.126. The van der Waals surface area contributed by atoms with Gasteiger partial charge in [-0.2, -0.15) is 0 Å². The van der Waals surface area contributed by atoms with Gasteiger partial charge < -0.3 is 15.0 Å². The molecule has 1 aliphatic rings. The Kier molecular flexibility index (Phi) is 6.12. The van der Waals surface area contributed by atoms with E-state index in [4.69, 9.17) is 4.74 Å². The zero-order valence-electron chi connectivity index (χ0n) is 15.9. The second-order valence-corrected chi connectivity index (χ2v) is 6.94. The summed E-state index contributed by atoms with van der Waals surface area (Å²) in [5.41, 5.74) is 1.71. The van der Waals surface area contributed by atoms with E-state index in [-0.39, 0.29) is 23.8 Å². The molecule has 0 unspecified atom stereocenters. The summed E-state index contributed by atoms with van der Waals surface area (Å²) >= 11 is 0. The van der Waals surface area contributed by atoms with Crippen LogP contribution in [0.2, 0.25) is 0 Å². The Morgan fingerprint density at radius 2 is 1.78 bits per heavy atom. The molecule has 0 bridgehead atoms. The standard InChI is InChI=1S/C22H26N2O3/c1-16(17-7-4-3-5-8-17)23-21(25)18-11-13-24(14-12-18)22(26)19-9-6-10-20(15-19)27-2/h3-10,15-16,18H,11-14H2,1-2H3,(H,23,25)/t16-/m1/s1. The van der Waals surface area contributed by atoms with Crippen LogP contribution >= 0.6 is 0 Å². The van der Waals surface area contributed by atoms with Crippen LogP contribution in [-0.4, -0.2) is 36.9 Å². The highest BCUT2D eigenvalue weighted by Crippen LogP contribution is 2.22. The predicted molar refractivity (Wildman–Crippen MR) is 105 cm³/mol. The molecule has 0 aliphatic carbocycles. The molecule has 0 saturated carbocycles. The fourth-order valence-corrected chi connectivity index (χ4v) is 3.44. The quantitative estimate of drug-likeness (QED) is 0.882. The molecule has 1 atom stereocenters. The molecule has 142 valence electrons. The number of nitrogens with one attached hydrogen (secondary N) is 1. The Balaban J connectivity index is 1.53. The maximum Gasteiger partial charge on any atom is 0.253 e. The highest BCUT2D eigenvalue weighted by atomic mass is 16.5. The van der Waals surface area contributed by atoms with Gasteiger partial charge in [-0.1, -0.05) is 36.4 Å². The summed E-state index contributed by atoms with van der Waals surface area (Å²) in [5, 5.41) is 3.10. The minimum Gasteiger partial charge on any atom is -0.497 e. The lowest BCUT2D eigenvalue weighted by Gasteiger charge is -2.32. The van der Waals surface area contributed by atoms with E-state index in [0.717, 1.165) is 5.56 Å². The monoisotopic (exact) mass is 366 g/mol. The molecule has 2 aromatic rings. The average Bonchev–Trinajstić information content (AvgIpc) is 2.74. The number of carbonyl (C=O) groups is 2. The Hall–Kier alpha value is -2.82. The smallest absolute Gasteiger partial charge is 0.253 e. The summed E-state index contributed by atoms with van der Waals surface area (Å²) in [6.45, 7) is 3.18. The highest BCUT2D eigenvalue weighted by Gasteiger charge is 2.28. The zero-order chi connectivity index (χ0) is 19.2. The van der Waals surface area contributed by atoms with Crippen molar-refractivity contribution < 1.29 is 14.3 Å². The van der Waals surface area contributed by atoms with E-state index in [9.17, 15) is 9.59 Å². The second kappa shape index (κ2) is 8.71. The second-order valence-electron chi connectivity index (χ2n) is 6.94. The van der Waals surface area contributed by atoms with Gasteiger partial charge in [-0.3, -0.25) is 9.59 Å². The van der Waals surface area contributed by atoms with E-state index >= 15 is 0 Å². The van der Waals surface area contributed by atoms with E-state index in [1.54, 1.807) is 19.2 Å². The first kappa shape index (κ1) is 19.0. The molecule has 5 heteroatoms. The van der Waals surface area contributed by atoms with Crippen molar-refractivity contribution >= 4 is 11.8 Å². The minimum atomic E-state index is -0.0504. The molecule has 27 heavy (non-hydrogen) atoms. The fraction of sp³-hybridized carbons (Fsp3) is 0.364. The number of amides is 2. The van der Waals surface area contributed by atoms with Crippen molar-refractivity contribution in [3.05, 3.63) is 65.7 Å². The Labute approximate surface area is 160 Å². The highest BCUT2D eigenvalue weighted by molar-refractivity contribution is 5.94. The van der Waals surface area contributed by atoms with E-state index in [0.29, 0.717) is 37.2 Å². The molecule has 0 aromatic heterocycles. The third-order valence-corrected chi connectivity index (χ3v) is 5.13. The topological polar surface area (TPSA) is 58.6 Å². The van der Waals surface area contributed by atoms with Crippen LogP contribution in [0.3, 0.4) is 0 Å². The first-order valence-corrected chi connectivity index (χ1v) is 9.37. The molecular weight excluding hydrogens is 340 g/mol. The number of likely N-dealkylation sites (tertiary alicyclic amines) is 1. The Morgan fingerprint density at radius 3 is 2.44 bits per heavy atom. The van der Waals surface area contributed by atoms with Gasteiger partial charge in [0.2, 0.25) is 5.91 Å². The van der Waals surface area contributed by atoms with Gasteiger partial charge in [-0.05, 0) is 43.5 Å². The van der Waals surface area contributed by atoms with Crippen molar-refractivity contribution in [2.45, 2.75) is 25.8 Å². The van der Waals surface area contributed by atoms with Crippen LogP contribution in [0.15, 0.2) is 54.6 Å². The Morgan fingerprint density at radius 1 is 1.07 bits per heavy atom. The molecule has 3 rings (SSSR count). The van der Waals surface area contributed by atoms with Crippen LogP contribution in [0.4, 0.5) is 0 Å². The number of hydrogen-bond donors (Lipinski definition) is 1. The number of rotatable bonds is 5. The first-order valence-electron chi connectivity index (χ1n) is 9.37. The third-order valence-electron chi connectivity index (χ3n) is 5.13. The molecule has 1 heterocycles. The zero-order valence-corrected chi connectivity index (χ0v) is 15.9. The van der Waals surface area contributed by atoms with Crippen LogP contribution in [-0.2, 0) is 4.79 Å². The average molecular weight is 366 g/mol. The SMILES string of the molecule is COc1cccc(C(=O)N2CCC(C(=O)N[C@H](C)c3ccccc3)CC2)c1. The summed E-state index contributed by atoms with van der Waals surface area (Å²) < 4.78 is 5.19. The van der Waals surface area contributed by atoms with E-state index < -0.39 is 0 Å². The van der Waals surface area contributed by atoms with E-state index in [2.05, 4.69) is 5.32 Å². The molecular formula is C22H26N2O3. The van der Waals surface area contributed by atoms with Gasteiger partial charge in [0.25, 0.3) is 5.91 Å². The molecule has 2 amide bonds. The van der Waals surface area contributed by atoms with Crippen LogP contribution in [0, 0.1) is 5.92 Å². The predicted octanol–water partition coefficient (Wildman–Crippen LogP) is 3.42. The largest absolute Gasteiger partial charge is 0.497 e. The van der Waals surface area contributed by atoms with Gasteiger partial charge in [0.1, 0.15) is 5.75 Å². The third kappa shape index (κ3) is 4.67. The van der Waals surface area contributed by atoms with E-state index in [1.807, 2.05) is 54.3 Å². The number of benzene rings is 2. The normalized spacial score (nSPS) is 15.9.